The standard InChI is InChI=1S/C20H28N2O4/c1-14(2)12-17(23)21-19(16-6-4-3-5-7-16)20(26)22-10-8-15(9-11-22)13-18(24)25/h3-7,14-15,19H,8-13H2,1-2H3,(H,21,23)(H,24,25). The Morgan fingerprint density at radius 2 is 1.77 bits per heavy atom. The number of nitrogens with zero attached hydrogens (tertiary/aromatic N) is 1. The van der Waals surface area contributed by atoms with Crippen LogP contribution in [0.1, 0.15) is 51.1 Å². The van der Waals surface area contributed by atoms with Gasteiger partial charge in [0, 0.05) is 25.9 Å². The van der Waals surface area contributed by atoms with E-state index in [0.717, 1.165) is 5.56 Å². The molecule has 142 valence electrons. The molecule has 1 heterocycles. The van der Waals surface area contributed by atoms with Crippen molar-refractivity contribution in [3.8, 4) is 0 Å². The molecule has 1 aliphatic rings. The van der Waals surface area contributed by atoms with Crippen LogP contribution in [0, 0.1) is 11.8 Å². The van der Waals surface area contributed by atoms with Gasteiger partial charge >= 0.3 is 5.97 Å². The van der Waals surface area contributed by atoms with Crippen molar-refractivity contribution in [3.63, 3.8) is 0 Å². The molecule has 1 saturated heterocycles. The summed E-state index contributed by atoms with van der Waals surface area (Å²) in [5.74, 6) is -0.724. The number of hydrogen-bond donors (Lipinski definition) is 2. The van der Waals surface area contributed by atoms with Crippen molar-refractivity contribution in [3.05, 3.63) is 35.9 Å². The van der Waals surface area contributed by atoms with Crippen molar-refractivity contribution in [2.45, 2.75) is 45.6 Å². The molecule has 0 radical (unpaired) electrons. The fourth-order valence-corrected chi connectivity index (χ4v) is 3.31. The molecule has 6 heteroatoms. The van der Waals surface area contributed by atoms with Crippen molar-refractivity contribution >= 4 is 17.8 Å². The quantitative estimate of drug-likeness (QED) is 0.782. The zero-order valence-electron chi connectivity index (χ0n) is 15.5. The maximum Gasteiger partial charge on any atom is 0.303 e. The van der Waals surface area contributed by atoms with Gasteiger partial charge in [-0.25, -0.2) is 0 Å². The maximum atomic E-state index is 13.0. The Bertz CT molecular complexity index is 622. The van der Waals surface area contributed by atoms with Crippen molar-refractivity contribution in [1.82, 2.24) is 10.2 Å². The van der Waals surface area contributed by atoms with Gasteiger partial charge in [0.2, 0.25) is 11.8 Å². The zero-order chi connectivity index (χ0) is 19.1. The summed E-state index contributed by atoms with van der Waals surface area (Å²) < 4.78 is 0. The number of benzene rings is 1. The predicted molar refractivity (Wildman–Crippen MR) is 98.3 cm³/mol. The van der Waals surface area contributed by atoms with E-state index in [1.807, 2.05) is 44.2 Å². The lowest BCUT2D eigenvalue weighted by Gasteiger charge is -2.34. The summed E-state index contributed by atoms with van der Waals surface area (Å²) in [6, 6.07) is 8.56. The van der Waals surface area contributed by atoms with Crippen molar-refractivity contribution in [1.29, 1.82) is 0 Å². The molecule has 1 fully saturated rings. The van der Waals surface area contributed by atoms with Gasteiger partial charge in [-0.1, -0.05) is 44.2 Å². The molecule has 1 aliphatic heterocycles. The fraction of sp³-hybridized carbons (Fsp3) is 0.550. The zero-order valence-corrected chi connectivity index (χ0v) is 15.5. The van der Waals surface area contributed by atoms with Gasteiger partial charge in [-0.2, -0.15) is 0 Å². The Morgan fingerprint density at radius 1 is 1.15 bits per heavy atom. The molecule has 2 N–H and O–H groups in total. The lowest BCUT2D eigenvalue weighted by atomic mass is 9.93. The van der Waals surface area contributed by atoms with E-state index in [1.54, 1.807) is 4.90 Å². The number of amides is 2. The van der Waals surface area contributed by atoms with Crippen LogP contribution in [-0.2, 0) is 14.4 Å². The Morgan fingerprint density at radius 3 is 2.31 bits per heavy atom. The Hall–Kier alpha value is -2.37. The summed E-state index contributed by atoms with van der Waals surface area (Å²) >= 11 is 0. The van der Waals surface area contributed by atoms with Gasteiger partial charge in [-0.05, 0) is 30.2 Å². The Kier molecular flexibility index (Phi) is 7.18. The summed E-state index contributed by atoms with van der Waals surface area (Å²) in [5, 5.41) is 11.8. The van der Waals surface area contributed by atoms with Gasteiger partial charge in [0.1, 0.15) is 6.04 Å². The molecule has 2 rings (SSSR count). The minimum absolute atomic E-state index is 0.113. The van der Waals surface area contributed by atoms with E-state index < -0.39 is 12.0 Å². The number of aliphatic carboxylic acids is 1. The van der Waals surface area contributed by atoms with E-state index in [9.17, 15) is 14.4 Å². The number of carboxylic acid groups (broad SMARTS) is 1. The molecular weight excluding hydrogens is 332 g/mol. The lowest BCUT2D eigenvalue weighted by Crippen LogP contribution is -2.46. The molecule has 0 aromatic heterocycles. The first-order valence-electron chi connectivity index (χ1n) is 9.21. The number of nitrogens with one attached hydrogen (secondary N) is 1. The number of likely N-dealkylation sites (tertiary alicyclic amines) is 1. The second kappa shape index (κ2) is 9.36. The second-order valence-electron chi connectivity index (χ2n) is 7.38. The van der Waals surface area contributed by atoms with Gasteiger partial charge in [0.25, 0.3) is 0 Å². The minimum atomic E-state index is -0.794. The van der Waals surface area contributed by atoms with Crippen LogP contribution >= 0.6 is 0 Å². The van der Waals surface area contributed by atoms with Gasteiger partial charge in [0.15, 0.2) is 0 Å². The molecule has 1 unspecified atom stereocenters. The molecule has 2 amide bonds. The smallest absolute Gasteiger partial charge is 0.303 e. The second-order valence-corrected chi connectivity index (χ2v) is 7.38. The van der Waals surface area contributed by atoms with Crippen LogP contribution in [0.5, 0.6) is 0 Å². The molecule has 1 atom stereocenters. The first kappa shape index (κ1) is 19.9. The highest BCUT2D eigenvalue weighted by atomic mass is 16.4. The SMILES string of the molecule is CC(C)CC(=O)NC(C(=O)N1CCC(CC(=O)O)CC1)c1ccccc1. The van der Waals surface area contributed by atoms with Crippen LogP contribution in [0.3, 0.4) is 0 Å². The fourth-order valence-electron chi connectivity index (χ4n) is 3.31. The molecule has 26 heavy (non-hydrogen) atoms. The third-order valence-corrected chi connectivity index (χ3v) is 4.67. The summed E-state index contributed by atoms with van der Waals surface area (Å²) in [6.07, 6.45) is 1.88. The third-order valence-electron chi connectivity index (χ3n) is 4.67. The average Bonchev–Trinajstić information content (AvgIpc) is 2.59. The highest BCUT2D eigenvalue weighted by Crippen LogP contribution is 2.24. The first-order valence-corrected chi connectivity index (χ1v) is 9.21. The molecule has 6 nitrogen and oxygen atoms in total. The van der Waals surface area contributed by atoms with E-state index in [4.69, 9.17) is 5.11 Å². The number of carboxylic acids is 1. The first-order chi connectivity index (χ1) is 12.4. The third kappa shape index (κ3) is 5.86. The van der Waals surface area contributed by atoms with Crippen LogP contribution in [0.2, 0.25) is 0 Å². The van der Waals surface area contributed by atoms with E-state index >= 15 is 0 Å². The lowest BCUT2D eigenvalue weighted by molar-refractivity contribution is -0.140. The van der Waals surface area contributed by atoms with Crippen LogP contribution in [-0.4, -0.2) is 40.9 Å². The van der Waals surface area contributed by atoms with E-state index in [1.165, 1.54) is 0 Å². The van der Waals surface area contributed by atoms with Gasteiger partial charge in [0.05, 0.1) is 0 Å². The maximum absolute atomic E-state index is 13.0. The normalized spacial score (nSPS) is 16.3. The average molecular weight is 360 g/mol. The number of carbonyl (C=O) groups excluding carboxylic acids is 2. The largest absolute Gasteiger partial charge is 0.481 e. The summed E-state index contributed by atoms with van der Waals surface area (Å²) in [6.45, 7) is 4.98. The molecule has 0 bridgehead atoms. The Balaban J connectivity index is 2.06. The Labute approximate surface area is 154 Å². The van der Waals surface area contributed by atoms with Crippen LogP contribution in [0.25, 0.3) is 0 Å². The van der Waals surface area contributed by atoms with E-state index in [2.05, 4.69) is 5.32 Å². The van der Waals surface area contributed by atoms with Crippen LogP contribution < -0.4 is 5.32 Å². The molecule has 0 saturated carbocycles. The molecule has 1 aromatic rings. The predicted octanol–water partition coefficient (Wildman–Crippen LogP) is 2.60. The number of hydrogen-bond acceptors (Lipinski definition) is 3. The van der Waals surface area contributed by atoms with Gasteiger partial charge in [-0.15, -0.1) is 0 Å². The molecule has 0 aliphatic carbocycles. The van der Waals surface area contributed by atoms with Crippen LogP contribution in [0.15, 0.2) is 30.3 Å². The molecular formula is C20H28N2O4. The summed E-state index contributed by atoms with van der Waals surface area (Å²) in [7, 11) is 0. The monoisotopic (exact) mass is 360 g/mol. The number of rotatable bonds is 7. The van der Waals surface area contributed by atoms with E-state index in [0.29, 0.717) is 32.4 Å². The topological polar surface area (TPSA) is 86.7 Å². The molecule has 0 spiro atoms. The highest BCUT2D eigenvalue weighted by molar-refractivity contribution is 5.88. The van der Waals surface area contributed by atoms with Gasteiger partial charge in [-0.3, -0.25) is 14.4 Å². The highest BCUT2D eigenvalue weighted by Gasteiger charge is 2.30. The van der Waals surface area contributed by atoms with Crippen LogP contribution in [0.4, 0.5) is 0 Å². The minimum Gasteiger partial charge on any atom is -0.481 e. The number of carbonyl (C=O) groups is 3. The summed E-state index contributed by atoms with van der Waals surface area (Å²) in [4.78, 5) is 37.9. The van der Waals surface area contributed by atoms with Crippen molar-refractivity contribution in [2.24, 2.45) is 11.8 Å². The van der Waals surface area contributed by atoms with Crippen molar-refractivity contribution in [2.75, 3.05) is 13.1 Å². The summed E-state index contributed by atoms with van der Waals surface area (Å²) in [5.41, 5.74) is 0.766. The van der Waals surface area contributed by atoms with E-state index in [-0.39, 0.29) is 30.1 Å². The number of piperidine rings is 1. The molecule has 1 aromatic carbocycles. The van der Waals surface area contributed by atoms with Gasteiger partial charge < -0.3 is 15.3 Å². The van der Waals surface area contributed by atoms with Crippen molar-refractivity contribution < 1.29 is 19.5 Å².